The monoisotopic (exact) mass is 176 g/mol. The van der Waals surface area contributed by atoms with Crippen molar-refractivity contribution in [3.05, 3.63) is 35.4 Å². The summed E-state index contributed by atoms with van der Waals surface area (Å²) in [5, 5.41) is 0. The maximum Gasteiger partial charge on any atom is 0.0577 e. The molecule has 1 nitrogen and oxygen atoms in total. The fourth-order valence-electron chi connectivity index (χ4n) is 1.33. The molecule has 1 fully saturated rings. The van der Waals surface area contributed by atoms with Crippen molar-refractivity contribution in [3.8, 4) is 0 Å². The maximum absolute atomic E-state index is 5.59. The Morgan fingerprint density at radius 3 is 2.54 bits per heavy atom. The van der Waals surface area contributed by atoms with E-state index in [1.54, 1.807) is 0 Å². The molecular weight excluding hydrogens is 160 g/mol. The van der Waals surface area contributed by atoms with Crippen molar-refractivity contribution in [1.82, 2.24) is 0 Å². The number of benzene rings is 1. The van der Waals surface area contributed by atoms with E-state index in [1.165, 1.54) is 24.0 Å². The third-order valence-corrected chi connectivity index (χ3v) is 2.39. The number of ether oxygens (including phenoxy) is 1. The number of rotatable bonds is 4. The Labute approximate surface area is 79.7 Å². The Kier molecular flexibility index (Phi) is 2.65. The largest absolute Gasteiger partial charge is 0.378 e. The lowest BCUT2D eigenvalue weighted by molar-refractivity contribution is 0.122. The van der Waals surface area contributed by atoms with Crippen molar-refractivity contribution < 1.29 is 4.74 Å². The van der Waals surface area contributed by atoms with Crippen LogP contribution in [0.15, 0.2) is 24.3 Å². The third kappa shape index (κ3) is 2.85. The zero-order chi connectivity index (χ0) is 9.10. The zero-order valence-corrected chi connectivity index (χ0v) is 8.12. The molecule has 2 rings (SSSR count). The highest BCUT2D eigenvalue weighted by Gasteiger charge is 2.21. The molecule has 13 heavy (non-hydrogen) atoms. The lowest BCUT2D eigenvalue weighted by Gasteiger charge is -2.02. The molecule has 0 aromatic heterocycles. The molecule has 0 atom stereocenters. The molecule has 0 saturated heterocycles. The maximum atomic E-state index is 5.59. The highest BCUT2D eigenvalue weighted by Crippen LogP contribution is 2.23. The van der Waals surface area contributed by atoms with Crippen molar-refractivity contribution >= 4 is 0 Å². The summed E-state index contributed by atoms with van der Waals surface area (Å²) in [4.78, 5) is 0. The third-order valence-electron chi connectivity index (χ3n) is 2.39. The summed E-state index contributed by atoms with van der Waals surface area (Å²) >= 11 is 0. The van der Waals surface area contributed by atoms with E-state index in [1.807, 2.05) is 0 Å². The predicted molar refractivity (Wildman–Crippen MR) is 53.9 cm³/mol. The minimum absolute atomic E-state index is 0.588. The molecule has 0 N–H and O–H groups in total. The second-order valence-electron chi connectivity index (χ2n) is 3.81. The zero-order valence-electron chi connectivity index (χ0n) is 8.12. The van der Waals surface area contributed by atoms with Gasteiger partial charge in [0.25, 0.3) is 0 Å². The van der Waals surface area contributed by atoms with Crippen LogP contribution in [-0.4, -0.2) is 12.7 Å². The van der Waals surface area contributed by atoms with E-state index in [9.17, 15) is 0 Å². The molecule has 0 heterocycles. The van der Waals surface area contributed by atoms with Gasteiger partial charge in [0, 0.05) is 0 Å². The Hall–Kier alpha value is -0.820. The number of hydrogen-bond donors (Lipinski definition) is 0. The second kappa shape index (κ2) is 3.93. The fourth-order valence-corrected chi connectivity index (χ4v) is 1.33. The van der Waals surface area contributed by atoms with Gasteiger partial charge in [-0.2, -0.15) is 0 Å². The van der Waals surface area contributed by atoms with Crippen LogP contribution >= 0.6 is 0 Å². The van der Waals surface area contributed by atoms with Gasteiger partial charge in [-0.15, -0.1) is 0 Å². The average molecular weight is 176 g/mol. The Balaban J connectivity index is 1.76. The van der Waals surface area contributed by atoms with Crippen molar-refractivity contribution in [2.45, 2.75) is 32.3 Å². The summed E-state index contributed by atoms with van der Waals surface area (Å²) < 4.78 is 5.59. The number of aryl methyl sites for hydroxylation is 1. The van der Waals surface area contributed by atoms with Crippen LogP contribution in [0, 0.1) is 6.92 Å². The van der Waals surface area contributed by atoms with Crippen LogP contribution < -0.4 is 0 Å². The molecule has 70 valence electrons. The van der Waals surface area contributed by atoms with Gasteiger partial charge in [0.2, 0.25) is 0 Å². The molecule has 0 radical (unpaired) electrons. The first-order valence-electron chi connectivity index (χ1n) is 5.02. The van der Waals surface area contributed by atoms with Gasteiger partial charge in [0.05, 0.1) is 12.7 Å². The predicted octanol–water partition coefficient (Wildman–Crippen LogP) is 2.72. The molecule has 1 aromatic rings. The summed E-state index contributed by atoms with van der Waals surface area (Å²) in [7, 11) is 0. The van der Waals surface area contributed by atoms with Crippen molar-refractivity contribution in [2.24, 2.45) is 0 Å². The number of hydrogen-bond acceptors (Lipinski definition) is 1. The average Bonchev–Trinajstić information content (AvgIpc) is 2.92. The van der Waals surface area contributed by atoms with Gasteiger partial charge < -0.3 is 4.74 Å². The van der Waals surface area contributed by atoms with Gasteiger partial charge in [-0.25, -0.2) is 0 Å². The first-order valence-corrected chi connectivity index (χ1v) is 5.02. The SMILES string of the molecule is Cc1ccc(CCOC2CC2)cc1. The molecule has 1 heteroatoms. The topological polar surface area (TPSA) is 9.23 Å². The molecule has 1 aliphatic rings. The molecule has 0 unspecified atom stereocenters. The van der Waals surface area contributed by atoms with Crippen molar-refractivity contribution in [2.75, 3.05) is 6.61 Å². The summed E-state index contributed by atoms with van der Waals surface area (Å²) in [5.74, 6) is 0. The summed E-state index contributed by atoms with van der Waals surface area (Å²) in [6.45, 7) is 3.00. The Morgan fingerprint density at radius 2 is 1.92 bits per heavy atom. The molecule has 0 amide bonds. The lowest BCUT2D eigenvalue weighted by atomic mass is 10.1. The van der Waals surface area contributed by atoms with E-state index in [-0.39, 0.29) is 0 Å². The first kappa shape index (κ1) is 8.76. The Morgan fingerprint density at radius 1 is 1.23 bits per heavy atom. The molecule has 1 aromatic carbocycles. The molecule has 1 aliphatic carbocycles. The van der Waals surface area contributed by atoms with Crippen LogP contribution in [0.25, 0.3) is 0 Å². The molecule has 1 saturated carbocycles. The lowest BCUT2D eigenvalue weighted by Crippen LogP contribution is -1.99. The van der Waals surface area contributed by atoms with Gasteiger partial charge in [0.15, 0.2) is 0 Å². The van der Waals surface area contributed by atoms with E-state index in [2.05, 4.69) is 31.2 Å². The fraction of sp³-hybridized carbons (Fsp3) is 0.500. The van der Waals surface area contributed by atoms with Gasteiger partial charge >= 0.3 is 0 Å². The molecule has 0 aliphatic heterocycles. The van der Waals surface area contributed by atoms with E-state index in [0.29, 0.717) is 6.10 Å². The van der Waals surface area contributed by atoms with Gasteiger partial charge in [-0.3, -0.25) is 0 Å². The van der Waals surface area contributed by atoms with E-state index in [0.717, 1.165) is 13.0 Å². The van der Waals surface area contributed by atoms with Crippen LogP contribution in [0.1, 0.15) is 24.0 Å². The van der Waals surface area contributed by atoms with E-state index < -0.39 is 0 Å². The summed E-state index contributed by atoms with van der Waals surface area (Å²) in [5.41, 5.74) is 2.71. The van der Waals surface area contributed by atoms with Crippen LogP contribution in [0.4, 0.5) is 0 Å². The smallest absolute Gasteiger partial charge is 0.0577 e. The Bertz CT molecular complexity index is 259. The van der Waals surface area contributed by atoms with Crippen molar-refractivity contribution in [1.29, 1.82) is 0 Å². The van der Waals surface area contributed by atoms with E-state index >= 15 is 0 Å². The first-order chi connectivity index (χ1) is 6.34. The van der Waals surface area contributed by atoms with Crippen LogP contribution in [0.3, 0.4) is 0 Å². The highest BCUT2D eigenvalue weighted by atomic mass is 16.5. The van der Waals surface area contributed by atoms with Crippen LogP contribution in [0.2, 0.25) is 0 Å². The van der Waals surface area contributed by atoms with Crippen molar-refractivity contribution in [3.63, 3.8) is 0 Å². The standard InChI is InChI=1S/C12H16O/c1-10-2-4-11(5-3-10)8-9-13-12-6-7-12/h2-5,12H,6-9H2,1H3. The van der Waals surface area contributed by atoms with Gasteiger partial charge in [-0.1, -0.05) is 29.8 Å². The second-order valence-corrected chi connectivity index (χ2v) is 3.81. The summed E-state index contributed by atoms with van der Waals surface area (Å²) in [6.07, 6.45) is 4.18. The van der Waals surface area contributed by atoms with Gasteiger partial charge in [0.1, 0.15) is 0 Å². The highest BCUT2D eigenvalue weighted by molar-refractivity contribution is 5.21. The van der Waals surface area contributed by atoms with E-state index in [4.69, 9.17) is 4.74 Å². The van der Waals surface area contributed by atoms with Crippen LogP contribution in [0.5, 0.6) is 0 Å². The minimum atomic E-state index is 0.588. The van der Waals surface area contributed by atoms with Crippen LogP contribution in [-0.2, 0) is 11.2 Å². The minimum Gasteiger partial charge on any atom is -0.378 e. The molecular formula is C12H16O. The molecule has 0 bridgehead atoms. The normalized spacial score (nSPS) is 16.1. The quantitative estimate of drug-likeness (QED) is 0.685. The summed E-state index contributed by atoms with van der Waals surface area (Å²) in [6, 6.07) is 8.69. The molecule has 0 spiro atoms. The van der Waals surface area contributed by atoms with Gasteiger partial charge in [-0.05, 0) is 31.7 Å².